The van der Waals surface area contributed by atoms with Crippen LogP contribution in [0.2, 0.25) is 10.2 Å². The van der Waals surface area contributed by atoms with E-state index in [4.69, 9.17) is 33.6 Å². The molecule has 1 aromatic rings. The monoisotopic (exact) mass is 256 g/mol. The van der Waals surface area contributed by atoms with Gasteiger partial charge in [-0.05, 0) is 12.8 Å². The molecule has 0 bridgehead atoms. The molecule has 1 aliphatic carbocycles. The third-order valence-corrected chi connectivity index (χ3v) is 3.07. The fourth-order valence-corrected chi connectivity index (χ4v) is 2.08. The lowest BCUT2D eigenvalue weighted by molar-refractivity contribution is 0.0696. The molecule has 0 saturated heterocycles. The molecule has 1 heterocycles. The molecule has 0 aliphatic heterocycles. The van der Waals surface area contributed by atoms with Crippen LogP contribution < -0.4 is 0 Å². The number of nitrogens with zero attached hydrogens (tertiary/aromatic N) is 2. The molecule has 1 fully saturated rings. The van der Waals surface area contributed by atoms with E-state index in [1.807, 2.05) is 0 Å². The van der Waals surface area contributed by atoms with Gasteiger partial charge in [-0.2, -0.15) is 5.26 Å². The number of carboxylic acids is 1. The lowest BCUT2D eigenvalue weighted by Crippen LogP contribution is -2.06. The van der Waals surface area contributed by atoms with Crippen LogP contribution in [0.4, 0.5) is 0 Å². The van der Waals surface area contributed by atoms with E-state index in [9.17, 15) is 4.79 Å². The highest BCUT2D eigenvalue weighted by Crippen LogP contribution is 2.44. The third-order valence-electron chi connectivity index (χ3n) is 2.41. The molecule has 1 aromatic heterocycles. The summed E-state index contributed by atoms with van der Waals surface area (Å²) in [4.78, 5) is 15.0. The summed E-state index contributed by atoms with van der Waals surface area (Å²) in [7, 11) is 0. The molecule has 0 atom stereocenters. The van der Waals surface area contributed by atoms with E-state index in [1.165, 1.54) is 0 Å². The number of halogens is 2. The Morgan fingerprint density at radius 2 is 2.12 bits per heavy atom. The third kappa shape index (κ3) is 1.73. The van der Waals surface area contributed by atoms with Gasteiger partial charge >= 0.3 is 5.97 Å². The van der Waals surface area contributed by atoms with Gasteiger partial charge in [-0.25, -0.2) is 9.78 Å². The second-order valence-electron chi connectivity index (χ2n) is 3.54. The van der Waals surface area contributed by atoms with Crippen LogP contribution in [0, 0.1) is 11.3 Å². The number of hydrogen-bond acceptors (Lipinski definition) is 3. The molecule has 82 valence electrons. The molecule has 0 aromatic carbocycles. The average molecular weight is 257 g/mol. The summed E-state index contributed by atoms with van der Waals surface area (Å²) in [6.07, 6.45) is 1.85. The highest BCUT2D eigenvalue weighted by molar-refractivity contribution is 6.36. The smallest absolute Gasteiger partial charge is 0.338 e. The van der Waals surface area contributed by atoms with Crippen molar-refractivity contribution in [1.29, 1.82) is 5.26 Å². The fourth-order valence-electron chi connectivity index (χ4n) is 1.48. The van der Waals surface area contributed by atoms with Crippen molar-refractivity contribution in [2.75, 3.05) is 0 Å². The number of carbonyl (C=O) groups is 1. The van der Waals surface area contributed by atoms with E-state index in [2.05, 4.69) is 4.98 Å². The minimum absolute atomic E-state index is 0.0379. The summed E-state index contributed by atoms with van der Waals surface area (Å²) < 4.78 is 0. The maximum Gasteiger partial charge on any atom is 0.338 e. The summed E-state index contributed by atoms with van der Waals surface area (Å²) >= 11 is 11.7. The quantitative estimate of drug-likeness (QED) is 0.826. The Balaban J connectivity index is 2.71. The van der Waals surface area contributed by atoms with Crippen LogP contribution in [0.25, 0.3) is 0 Å². The van der Waals surface area contributed by atoms with Gasteiger partial charge in [-0.15, -0.1) is 0 Å². The average Bonchev–Trinajstić information content (AvgIpc) is 3.03. The molecule has 2 rings (SSSR count). The van der Waals surface area contributed by atoms with E-state index in [0.29, 0.717) is 5.69 Å². The van der Waals surface area contributed by atoms with Gasteiger partial charge in [0.2, 0.25) is 0 Å². The number of rotatable bonds is 2. The van der Waals surface area contributed by atoms with Gasteiger partial charge < -0.3 is 5.11 Å². The first-order chi connectivity index (χ1) is 7.56. The van der Waals surface area contributed by atoms with Crippen molar-refractivity contribution >= 4 is 29.2 Å². The summed E-state index contributed by atoms with van der Waals surface area (Å²) in [6.45, 7) is 0. The molecule has 4 nitrogen and oxygen atoms in total. The minimum atomic E-state index is -1.26. The molecule has 6 heteroatoms. The van der Waals surface area contributed by atoms with Crippen LogP contribution >= 0.6 is 23.2 Å². The second-order valence-corrected chi connectivity index (χ2v) is 4.28. The first kappa shape index (κ1) is 11.2. The van der Waals surface area contributed by atoms with Gasteiger partial charge in [-0.3, -0.25) is 0 Å². The zero-order valence-electron chi connectivity index (χ0n) is 8.00. The van der Waals surface area contributed by atoms with Crippen LogP contribution in [0.5, 0.6) is 0 Å². The van der Waals surface area contributed by atoms with Crippen molar-refractivity contribution in [2.24, 2.45) is 0 Å². The van der Waals surface area contributed by atoms with Crippen molar-refractivity contribution in [1.82, 2.24) is 4.98 Å². The number of aromatic nitrogens is 1. The summed E-state index contributed by atoms with van der Waals surface area (Å²) in [6, 6.07) is 1.71. The van der Waals surface area contributed by atoms with Crippen molar-refractivity contribution in [3.05, 3.63) is 27.0 Å². The zero-order chi connectivity index (χ0) is 11.9. The normalized spacial score (nSPS) is 14.6. The molecule has 0 amide bonds. The maximum atomic E-state index is 11.0. The lowest BCUT2D eigenvalue weighted by Gasteiger charge is -2.08. The number of nitriles is 1. The van der Waals surface area contributed by atoms with Crippen LogP contribution in [-0.4, -0.2) is 16.1 Å². The maximum absolute atomic E-state index is 11.0. The minimum Gasteiger partial charge on any atom is -0.478 e. The van der Waals surface area contributed by atoms with Crippen molar-refractivity contribution in [3.63, 3.8) is 0 Å². The van der Waals surface area contributed by atoms with Gasteiger partial charge in [-0.1, -0.05) is 23.2 Å². The summed E-state index contributed by atoms with van der Waals surface area (Å²) in [5.41, 5.74) is 0.0673. The fraction of sp³-hybridized carbons (Fsp3) is 0.300. The number of aromatic carboxylic acids is 1. The Morgan fingerprint density at radius 1 is 1.50 bits per heavy atom. The highest BCUT2D eigenvalue weighted by Gasteiger charge is 2.32. The van der Waals surface area contributed by atoms with Crippen molar-refractivity contribution in [2.45, 2.75) is 18.8 Å². The van der Waals surface area contributed by atoms with E-state index in [0.717, 1.165) is 12.8 Å². The van der Waals surface area contributed by atoms with Crippen LogP contribution in [0.15, 0.2) is 0 Å². The van der Waals surface area contributed by atoms with Crippen LogP contribution in [0.1, 0.15) is 40.4 Å². The molecule has 16 heavy (non-hydrogen) atoms. The van der Waals surface area contributed by atoms with E-state index < -0.39 is 5.97 Å². The number of hydrogen-bond donors (Lipinski definition) is 1. The predicted molar refractivity (Wildman–Crippen MR) is 57.9 cm³/mol. The standard InChI is InChI=1S/C10H6Cl2N2O2/c11-7-6(10(15)16)5(3-13)9(12)14-8(7)4-1-2-4/h4H,1-2H2,(H,15,16). The van der Waals surface area contributed by atoms with Crippen molar-refractivity contribution < 1.29 is 9.90 Å². The Bertz CT molecular complexity index is 519. The van der Waals surface area contributed by atoms with E-state index in [1.54, 1.807) is 6.07 Å². The molecule has 0 unspecified atom stereocenters. The SMILES string of the molecule is N#Cc1c(Cl)nc(C2CC2)c(Cl)c1C(=O)O. The molecule has 1 N–H and O–H groups in total. The van der Waals surface area contributed by atoms with E-state index >= 15 is 0 Å². The largest absolute Gasteiger partial charge is 0.478 e. The first-order valence-corrected chi connectivity index (χ1v) is 5.34. The van der Waals surface area contributed by atoms with Crippen LogP contribution in [0.3, 0.4) is 0 Å². The Morgan fingerprint density at radius 3 is 2.56 bits per heavy atom. The number of carboxylic acid groups (broad SMARTS) is 1. The second kappa shape index (κ2) is 3.93. The molecule has 0 spiro atoms. The summed E-state index contributed by atoms with van der Waals surface area (Å²) in [5.74, 6) is -1.08. The van der Waals surface area contributed by atoms with Gasteiger partial charge in [0, 0.05) is 5.92 Å². The zero-order valence-corrected chi connectivity index (χ0v) is 9.51. The Hall–Kier alpha value is -1.31. The molecule has 1 aliphatic rings. The molecule has 0 radical (unpaired) electrons. The highest BCUT2D eigenvalue weighted by atomic mass is 35.5. The Labute approximate surface area is 101 Å². The topological polar surface area (TPSA) is 74.0 Å². The number of pyridine rings is 1. The molecular weight excluding hydrogens is 251 g/mol. The Kier molecular flexibility index (Phi) is 2.75. The first-order valence-electron chi connectivity index (χ1n) is 4.58. The summed E-state index contributed by atoms with van der Waals surface area (Å²) in [5, 5.41) is 17.8. The van der Waals surface area contributed by atoms with Gasteiger partial charge in [0.05, 0.1) is 10.7 Å². The van der Waals surface area contributed by atoms with Crippen molar-refractivity contribution in [3.8, 4) is 6.07 Å². The van der Waals surface area contributed by atoms with E-state index in [-0.39, 0.29) is 27.2 Å². The van der Waals surface area contributed by atoms with Gasteiger partial charge in [0.15, 0.2) is 0 Å². The lowest BCUT2D eigenvalue weighted by atomic mass is 10.1. The molecular formula is C10H6Cl2N2O2. The molecule has 1 saturated carbocycles. The van der Waals surface area contributed by atoms with Gasteiger partial charge in [0.25, 0.3) is 0 Å². The predicted octanol–water partition coefficient (Wildman–Crippen LogP) is 2.84. The van der Waals surface area contributed by atoms with Gasteiger partial charge in [0.1, 0.15) is 22.3 Å². The van der Waals surface area contributed by atoms with Crippen LogP contribution in [-0.2, 0) is 0 Å².